The number of nitriles is 1. The van der Waals surface area contributed by atoms with Gasteiger partial charge in [0.2, 0.25) is 0 Å². The minimum Gasteiger partial charge on any atom is -0.461 e. The summed E-state index contributed by atoms with van der Waals surface area (Å²) >= 11 is 0. The highest BCUT2D eigenvalue weighted by molar-refractivity contribution is 5.94. The fourth-order valence-electron chi connectivity index (χ4n) is 4.31. The van der Waals surface area contributed by atoms with Crippen LogP contribution in [-0.4, -0.2) is 46.0 Å². The van der Waals surface area contributed by atoms with E-state index >= 15 is 0 Å². The van der Waals surface area contributed by atoms with E-state index in [0.717, 1.165) is 12.1 Å². The number of amides is 1. The van der Waals surface area contributed by atoms with Crippen molar-refractivity contribution in [3.63, 3.8) is 0 Å². The Morgan fingerprint density at radius 2 is 1.73 bits per heavy atom. The quantitative estimate of drug-likeness (QED) is 0.495. The van der Waals surface area contributed by atoms with Crippen LogP contribution in [0.2, 0.25) is 0 Å². The Labute approximate surface area is 212 Å². The summed E-state index contributed by atoms with van der Waals surface area (Å²) in [5.41, 5.74) is 1.56. The molecule has 7 nitrogen and oxygen atoms in total. The zero-order valence-corrected chi connectivity index (χ0v) is 20.4. The van der Waals surface area contributed by atoms with E-state index in [2.05, 4.69) is 20.2 Å². The van der Waals surface area contributed by atoms with Crippen LogP contribution in [0, 0.1) is 11.3 Å². The molecule has 3 aromatic rings. The summed E-state index contributed by atoms with van der Waals surface area (Å²) < 4.78 is 45.0. The molecule has 2 aromatic carbocycles. The Bertz CT molecular complexity index is 1250. The van der Waals surface area contributed by atoms with Gasteiger partial charge in [0, 0.05) is 42.7 Å². The van der Waals surface area contributed by atoms with Crippen LogP contribution in [0.1, 0.15) is 58.9 Å². The Morgan fingerprint density at radius 3 is 2.30 bits per heavy atom. The van der Waals surface area contributed by atoms with Crippen molar-refractivity contribution in [2.75, 3.05) is 13.1 Å². The van der Waals surface area contributed by atoms with E-state index in [1.165, 1.54) is 12.1 Å². The van der Waals surface area contributed by atoms with Gasteiger partial charge in [0.05, 0.1) is 29.3 Å². The Kier molecular flexibility index (Phi) is 7.74. The van der Waals surface area contributed by atoms with Gasteiger partial charge >= 0.3 is 12.2 Å². The number of nitrogens with one attached hydrogen (secondary N) is 1. The summed E-state index contributed by atoms with van der Waals surface area (Å²) in [6, 6.07) is 13.1. The first-order valence-electron chi connectivity index (χ1n) is 11.8. The standard InChI is InChI=1S/C27H26F3N5O2/c1-17(2)37-26-32-14-21(15-33-26)24(19-7-9-22(10-8-19)27(28,29)30)35-12-11-23(16-35)34-25(36)20-5-3-18(13-31)4-6-20/h3-10,14-15,17,23-24H,11-12,16H2,1-2H3,(H,34,36)/t23-,24?/m1/s1. The number of alkyl halides is 3. The number of hydrogen-bond acceptors (Lipinski definition) is 6. The number of nitrogens with zero attached hydrogens (tertiary/aromatic N) is 4. The van der Waals surface area contributed by atoms with Crippen molar-refractivity contribution in [2.24, 2.45) is 0 Å². The summed E-state index contributed by atoms with van der Waals surface area (Å²) in [6.07, 6.45) is -0.628. The molecule has 1 unspecified atom stereocenters. The van der Waals surface area contributed by atoms with Crippen molar-refractivity contribution in [3.05, 3.63) is 88.7 Å². The Morgan fingerprint density at radius 1 is 1.08 bits per heavy atom. The van der Waals surface area contributed by atoms with E-state index < -0.39 is 17.8 Å². The predicted octanol–water partition coefficient (Wildman–Crippen LogP) is 4.75. The van der Waals surface area contributed by atoms with Crippen LogP contribution in [0.3, 0.4) is 0 Å². The molecular formula is C27H26F3N5O2. The third kappa shape index (κ3) is 6.43. The molecule has 1 N–H and O–H groups in total. The molecule has 1 aromatic heterocycles. The number of hydrogen-bond donors (Lipinski definition) is 1. The van der Waals surface area contributed by atoms with Crippen LogP contribution >= 0.6 is 0 Å². The monoisotopic (exact) mass is 509 g/mol. The maximum Gasteiger partial charge on any atom is 0.416 e. The lowest BCUT2D eigenvalue weighted by Crippen LogP contribution is -2.38. The summed E-state index contributed by atoms with van der Waals surface area (Å²) in [5, 5.41) is 12.0. The van der Waals surface area contributed by atoms with Gasteiger partial charge in [-0.15, -0.1) is 0 Å². The predicted molar refractivity (Wildman–Crippen MR) is 130 cm³/mol. The normalized spacial score (nSPS) is 16.8. The zero-order valence-electron chi connectivity index (χ0n) is 20.4. The van der Waals surface area contributed by atoms with Crippen LogP contribution in [0.5, 0.6) is 6.01 Å². The van der Waals surface area contributed by atoms with Gasteiger partial charge in [-0.05, 0) is 62.2 Å². The first-order chi connectivity index (χ1) is 17.6. The topological polar surface area (TPSA) is 91.1 Å². The Hall–Kier alpha value is -3.97. The second kappa shape index (κ2) is 11.0. The number of aromatic nitrogens is 2. The molecule has 1 aliphatic heterocycles. The van der Waals surface area contributed by atoms with Gasteiger partial charge < -0.3 is 10.1 Å². The first-order valence-corrected chi connectivity index (χ1v) is 11.8. The van der Waals surface area contributed by atoms with Crippen LogP contribution in [-0.2, 0) is 6.18 Å². The van der Waals surface area contributed by atoms with Crippen LogP contribution in [0.25, 0.3) is 0 Å². The maximum absolute atomic E-state index is 13.1. The van der Waals surface area contributed by atoms with Crippen LogP contribution in [0.4, 0.5) is 13.2 Å². The van der Waals surface area contributed by atoms with E-state index in [1.54, 1.807) is 36.7 Å². The summed E-state index contributed by atoms with van der Waals surface area (Å²) in [7, 11) is 0. The van der Waals surface area contributed by atoms with Crippen molar-refractivity contribution < 1.29 is 22.7 Å². The van der Waals surface area contributed by atoms with Crippen LogP contribution in [0.15, 0.2) is 60.9 Å². The van der Waals surface area contributed by atoms with Gasteiger partial charge in [-0.25, -0.2) is 9.97 Å². The van der Waals surface area contributed by atoms with Crippen molar-refractivity contribution in [2.45, 2.75) is 44.6 Å². The first kappa shape index (κ1) is 26.1. The molecule has 10 heteroatoms. The molecule has 0 saturated carbocycles. The highest BCUT2D eigenvalue weighted by Gasteiger charge is 2.34. The number of carbonyl (C=O) groups is 1. The van der Waals surface area contributed by atoms with E-state index in [9.17, 15) is 18.0 Å². The molecule has 1 aliphatic rings. The lowest BCUT2D eigenvalue weighted by molar-refractivity contribution is -0.137. The number of rotatable bonds is 7. The van der Waals surface area contributed by atoms with E-state index in [-0.39, 0.29) is 24.1 Å². The smallest absolute Gasteiger partial charge is 0.416 e. The van der Waals surface area contributed by atoms with Gasteiger partial charge in [0.15, 0.2) is 0 Å². The molecule has 1 amide bonds. The maximum atomic E-state index is 13.1. The number of carbonyl (C=O) groups excluding carboxylic acids is 1. The zero-order chi connectivity index (χ0) is 26.6. The molecule has 37 heavy (non-hydrogen) atoms. The molecule has 0 radical (unpaired) electrons. The molecule has 0 bridgehead atoms. The molecule has 1 fully saturated rings. The van der Waals surface area contributed by atoms with E-state index in [4.69, 9.17) is 10.00 Å². The van der Waals surface area contributed by atoms with Crippen molar-refractivity contribution in [1.29, 1.82) is 5.26 Å². The minimum atomic E-state index is -4.43. The molecule has 192 valence electrons. The largest absolute Gasteiger partial charge is 0.461 e. The average Bonchev–Trinajstić information content (AvgIpc) is 3.32. The second-order valence-electron chi connectivity index (χ2n) is 9.13. The van der Waals surface area contributed by atoms with Crippen molar-refractivity contribution in [3.8, 4) is 12.1 Å². The molecule has 2 heterocycles. The van der Waals surface area contributed by atoms with Gasteiger partial charge in [-0.2, -0.15) is 18.4 Å². The average molecular weight is 510 g/mol. The molecule has 4 rings (SSSR count). The fourth-order valence-corrected chi connectivity index (χ4v) is 4.31. The molecular weight excluding hydrogens is 483 g/mol. The number of halogens is 3. The second-order valence-corrected chi connectivity index (χ2v) is 9.13. The fraction of sp³-hybridized carbons (Fsp3) is 0.333. The SMILES string of the molecule is CC(C)Oc1ncc(C(c2ccc(C(F)(F)F)cc2)N2CC[C@@H](NC(=O)c3ccc(C#N)cc3)C2)cn1. The summed E-state index contributed by atoms with van der Waals surface area (Å²) in [4.78, 5) is 23.4. The van der Waals surface area contributed by atoms with E-state index in [1.807, 2.05) is 19.9 Å². The van der Waals surface area contributed by atoms with Crippen LogP contribution < -0.4 is 10.1 Å². The molecule has 0 spiro atoms. The number of likely N-dealkylation sites (tertiary alicyclic amines) is 1. The van der Waals surface area contributed by atoms with Crippen molar-refractivity contribution >= 4 is 5.91 Å². The summed E-state index contributed by atoms with van der Waals surface area (Å²) in [5.74, 6) is -0.249. The third-order valence-electron chi connectivity index (χ3n) is 6.05. The highest BCUT2D eigenvalue weighted by atomic mass is 19.4. The number of ether oxygens (including phenoxy) is 1. The molecule has 1 saturated heterocycles. The van der Waals surface area contributed by atoms with Gasteiger partial charge in [-0.1, -0.05) is 12.1 Å². The third-order valence-corrected chi connectivity index (χ3v) is 6.05. The minimum absolute atomic E-state index is 0.101. The summed E-state index contributed by atoms with van der Waals surface area (Å²) in [6.45, 7) is 4.81. The lowest BCUT2D eigenvalue weighted by atomic mass is 9.98. The highest BCUT2D eigenvalue weighted by Crippen LogP contribution is 2.34. The van der Waals surface area contributed by atoms with Crippen molar-refractivity contribution in [1.82, 2.24) is 20.2 Å². The lowest BCUT2D eigenvalue weighted by Gasteiger charge is -2.29. The van der Waals surface area contributed by atoms with E-state index in [0.29, 0.717) is 41.8 Å². The van der Waals surface area contributed by atoms with Gasteiger partial charge in [0.25, 0.3) is 5.91 Å². The number of benzene rings is 2. The Balaban J connectivity index is 1.55. The molecule has 0 aliphatic carbocycles. The van der Waals surface area contributed by atoms with Gasteiger partial charge in [0.1, 0.15) is 0 Å². The molecule has 2 atom stereocenters. The van der Waals surface area contributed by atoms with Gasteiger partial charge in [-0.3, -0.25) is 9.69 Å².